The molecule has 2 aliphatic heterocycles. The fraction of sp³-hybridized carbons (Fsp3) is 0.409. The number of amides is 1. The van der Waals surface area contributed by atoms with Crippen LogP contribution in [0.25, 0.3) is 6.08 Å². The van der Waals surface area contributed by atoms with E-state index in [1.54, 1.807) is 11.6 Å². The summed E-state index contributed by atoms with van der Waals surface area (Å²) in [6, 6.07) is 7.23. The van der Waals surface area contributed by atoms with Crippen molar-refractivity contribution in [3.63, 3.8) is 0 Å². The number of anilines is 1. The van der Waals surface area contributed by atoms with E-state index in [2.05, 4.69) is 23.1 Å². The topological polar surface area (TPSA) is 60.9 Å². The zero-order chi connectivity index (χ0) is 20.5. The lowest BCUT2D eigenvalue weighted by Gasteiger charge is -2.37. The second-order valence-electron chi connectivity index (χ2n) is 7.77. The molecule has 1 amide bonds. The number of hydrogen-bond donors (Lipinski definition) is 1. The first-order chi connectivity index (χ1) is 13.9. The van der Waals surface area contributed by atoms with Gasteiger partial charge in [0.05, 0.1) is 4.91 Å². The van der Waals surface area contributed by atoms with E-state index in [9.17, 15) is 14.7 Å². The number of carboxylic acids is 1. The van der Waals surface area contributed by atoms with Gasteiger partial charge in [-0.25, -0.2) is 4.79 Å². The van der Waals surface area contributed by atoms with Crippen LogP contribution >= 0.6 is 24.0 Å². The Bertz CT molecular complexity index is 907. The van der Waals surface area contributed by atoms with E-state index in [0.717, 1.165) is 36.3 Å². The molecule has 7 heteroatoms. The molecule has 0 radical (unpaired) electrons. The van der Waals surface area contributed by atoms with Gasteiger partial charge in [0.25, 0.3) is 5.91 Å². The van der Waals surface area contributed by atoms with E-state index in [0.29, 0.717) is 4.91 Å². The van der Waals surface area contributed by atoms with Crippen LogP contribution in [0.2, 0.25) is 0 Å². The normalized spacial score (nSPS) is 24.5. The Labute approximate surface area is 180 Å². The van der Waals surface area contributed by atoms with Crippen molar-refractivity contribution in [2.24, 2.45) is 5.92 Å². The van der Waals surface area contributed by atoms with E-state index in [-0.39, 0.29) is 10.2 Å². The predicted octanol–water partition coefficient (Wildman–Crippen LogP) is 4.30. The van der Waals surface area contributed by atoms with Crippen molar-refractivity contribution in [1.82, 2.24) is 4.90 Å². The number of carboxylic acid groups (broad SMARTS) is 1. The van der Waals surface area contributed by atoms with Crippen LogP contribution in [0.5, 0.6) is 0 Å². The van der Waals surface area contributed by atoms with Gasteiger partial charge < -0.3 is 10.0 Å². The molecule has 2 fully saturated rings. The zero-order valence-corrected chi connectivity index (χ0v) is 18.0. The molecule has 2 saturated heterocycles. The van der Waals surface area contributed by atoms with Gasteiger partial charge in [-0.15, -0.1) is 0 Å². The summed E-state index contributed by atoms with van der Waals surface area (Å²) >= 11 is 6.37. The maximum absolute atomic E-state index is 12.6. The Hall–Kier alpha value is -2.12. The first kappa shape index (κ1) is 20.2. The van der Waals surface area contributed by atoms with Crippen LogP contribution < -0.4 is 4.90 Å². The average Bonchev–Trinajstić information content (AvgIpc) is 3.00. The zero-order valence-electron chi connectivity index (χ0n) is 16.3. The molecule has 2 atom stereocenters. The van der Waals surface area contributed by atoms with Crippen molar-refractivity contribution in [3.05, 3.63) is 46.4 Å². The summed E-state index contributed by atoms with van der Waals surface area (Å²) in [5.74, 6) is -0.636. The highest BCUT2D eigenvalue weighted by molar-refractivity contribution is 8.26. The van der Waals surface area contributed by atoms with E-state index in [1.165, 1.54) is 43.2 Å². The van der Waals surface area contributed by atoms with Crippen LogP contribution in [0.1, 0.15) is 38.2 Å². The van der Waals surface area contributed by atoms with Gasteiger partial charge in [-0.05, 0) is 62.3 Å². The van der Waals surface area contributed by atoms with Crippen molar-refractivity contribution in [2.75, 3.05) is 18.0 Å². The van der Waals surface area contributed by atoms with Gasteiger partial charge >= 0.3 is 5.97 Å². The van der Waals surface area contributed by atoms with Crippen LogP contribution in [0, 0.1) is 5.92 Å². The van der Waals surface area contributed by atoms with E-state index >= 15 is 0 Å². The van der Waals surface area contributed by atoms with E-state index in [4.69, 9.17) is 12.2 Å². The van der Waals surface area contributed by atoms with Gasteiger partial charge in [0, 0.05) is 18.8 Å². The maximum Gasteiger partial charge on any atom is 0.326 e. The highest BCUT2D eigenvalue weighted by Crippen LogP contribution is 2.36. The Morgan fingerprint density at radius 3 is 2.79 bits per heavy atom. The summed E-state index contributed by atoms with van der Waals surface area (Å²) in [4.78, 5) is 27.9. The SMILES string of the molecule is CC(C(=O)O)N1C(=O)C(=Cc2ccc(N3CCC4CCCC=C4C3)cc2)SC1=S. The summed E-state index contributed by atoms with van der Waals surface area (Å²) < 4.78 is 0.288. The van der Waals surface area contributed by atoms with Gasteiger partial charge in [0.1, 0.15) is 10.4 Å². The highest BCUT2D eigenvalue weighted by atomic mass is 32.2. The molecule has 0 bridgehead atoms. The van der Waals surface area contributed by atoms with E-state index in [1.807, 2.05) is 12.1 Å². The first-order valence-electron chi connectivity index (χ1n) is 9.98. The molecule has 0 spiro atoms. The molecule has 152 valence electrons. The molecule has 4 rings (SSSR count). The first-order valence-corrected chi connectivity index (χ1v) is 11.2. The Balaban J connectivity index is 1.47. The third-order valence-corrected chi connectivity index (χ3v) is 7.26. The quantitative estimate of drug-likeness (QED) is 0.438. The third-order valence-electron chi connectivity index (χ3n) is 5.93. The number of carbonyl (C=O) groups excluding carboxylic acids is 1. The van der Waals surface area contributed by atoms with Crippen LogP contribution in [0.15, 0.2) is 40.8 Å². The number of allylic oxidation sites excluding steroid dienone is 1. The smallest absolute Gasteiger partial charge is 0.326 e. The van der Waals surface area contributed by atoms with Crippen molar-refractivity contribution >= 4 is 51.9 Å². The number of piperidine rings is 1. The highest BCUT2D eigenvalue weighted by Gasteiger charge is 2.38. The van der Waals surface area contributed by atoms with Crippen molar-refractivity contribution in [2.45, 2.75) is 38.6 Å². The summed E-state index contributed by atoms with van der Waals surface area (Å²) in [7, 11) is 0. The molecular weight excluding hydrogens is 404 g/mol. The summed E-state index contributed by atoms with van der Waals surface area (Å²) in [5, 5.41) is 9.19. The molecule has 1 aromatic rings. The minimum Gasteiger partial charge on any atom is -0.480 e. The van der Waals surface area contributed by atoms with Gasteiger partial charge in [-0.2, -0.15) is 0 Å². The van der Waals surface area contributed by atoms with Crippen LogP contribution in [-0.2, 0) is 9.59 Å². The van der Waals surface area contributed by atoms with Crippen molar-refractivity contribution < 1.29 is 14.7 Å². The van der Waals surface area contributed by atoms with Gasteiger partial charge in [0.15, 0.2) is 0 Å². The van der Waals surface area contributed by atoms with Crippen LogP contribution in [-0.4, -0.2) is 45.3 Å². The fourth-order valence-electron chi connectivity index (χ4n) is 4.22. The maximum atomic E-state index is 12.6. The van der Waals surface area contributed by atoms with Crippen molar-refractivity contribution in [1.29, 1.82) is 0 Å². The molecule has 2 heterocycles. The minimum absolute atomic E-state index is 0.288. The standard InChI is InChI=1S/C22H24N2O3S2/c1-14(21(26)27)24-20(25)19(29-22(24)28)12-15-6-8-18(9-7-15)23-11-10-16-4-2-3-5-17(16)13-23/h5-9,12,14,16H,2-4,10-11,13H2,1H3,(H,26,27). The van der Waals surface area contributed by atoms with Crippen LogP contribution in [0.3, 0.4) is 0 Å². The largest absolute Gasteiger partial charge is 0.480 e. The molecule has 0 aromatic heterocycles. The average molecular weight is 429 g/mol. The second-order valence-corrected chi connectivity index (χ2v) is 9.45. The Morgan fingerprint density at radius 1 is 1.31 bits per heavy atom. The monoisotopic (exact) mass is 428 g/mol. The molecule has 5 nitrogen and oxygen atoms in total. The van der Waals surface area contributed by atoms with E-state index < -0.39 is 12.0 Å². The Morgan fingerprint density at radius 2 is 2.07 bits per heavy atom. The molecular formula is C22H24N2O3S2. The number of rotatable bonds is 4. The summed E-state index contributed by atoms with van der Waals surface area (Å²) in [5.41, 5.74) is 3.69. The summed E-state index contributed by atoms with van der Waals surface area (Å²) in [6.45, 7) is 3.55. The molecule has 2 unspecified atom stereocenters. The lowest BCUT2D eigenvalue weighted by Crippen LogP contribution is -2.41. The number of thiocarbonyl (C=S) groups is 1. The number of fused-ring (bicyclic) bond motifs is 1. The van der Waals surface area contributed by atoms with Gasteiger partial charge in [-0.3, -0.25) is 9.69 Å². The molecule has 1 aromatic carbocycles. The minimum atomic E-state index is -1.07. The van der Waals surface area contributed by atoms with Gasteiger partial charge in [0.2, 0.25) is 0 Å². The Kier molecular flexibility index (Phi) is 5.79. The number of aliphatic carboxylic acids is 1. The second kappa shape index (κ2) is 8.32. The fourth-order valence-corrected chi connectivity index (χ4v) is 5.63. The van der Waals surface area contributed by atoms with Gasteiger partial charge in [-0.1, -0.05) is 47.8 Å². The third kappa shape index (κ3) is 4.12. The number of thioether (sulfide) groups is 1. The number of hydrogen-bond acceptors (Lipinski definition) is 5. The lowest BCUT2D eigenvalue weighted by atomic mass is 9.82. The summed E-state index contributed by atoms with van der Waals surface area (Å²) in [6.07, 6.45) is 9.29. The number of carbonyl (C=O) groups is 2. The number of nitrogens with zero attached hydrogens (tertiary/aromatic N) is 2. The molecule has 1 N–H and O–H groups in total. The van der Waals surface area contributed by atoms with Crippen molar-refractivity contribution in [3.8, 4) is 0 Å². The van der Waals surface area contributed by atoms with Crippen LogP contribution in [0.4, 0.5) is 5.69 Å². The molecule has 3 aliphatic rings. The molecule has 29 heavy (non-hydrogen) atoms. The molecule has 0 saturated carbocycles. The number of benzene rings is 1. The molecule has 1 aliphatic carbocycles. The lowest BCUT2D eigenvalue weighted by molar-refractivity contribution is -0.144. The predicted molar refractivity (Wildman–Crippen MR) is 121 cm³/mol.